The summed E-state index contributed by atoms with van der Waals surface area (Å²) < 4.78 is 0. The molecule has 10 amide bonds. The number of carbonyl (C=O) groups is 12. The molecule has 2 aliphatic heterocycles. The quantitative estimate of drug-likeness (QED) is 0.0377. The van der Waals surface area contributed by atoms with Crippen LogP contribution < -0.4 is 49.1 Å². The Morgan fingerprint density at radius 2 is 1.05 bits per heavy atom. The van der Waals surface area contributed by atoms with E-state index < -0.39 is 157 Å². The Bertz CT molecular complexity index is 2510. The minimum absolute atomic E-state index is 0.000146. The summed E-state index contributed by atoms with van der Waals surface area (Å²) in [6, 6.07) is -3.80. The van der Waals surface area contributed by atoms with E-state index in [1.807, 2.05) is 0 Å². The van der Waals surface area contributed by atoms with Crippen molar-refractivity contribution >= 4 is 71.0 Å². The third kappa shape index (κ3) is 18.1. The molecular formula is C48H65N11O18. The second kappa shape index (κ2) is 28.5. The molecule has 2 aromatic carbocycles. The molecule has 10 atom stereocenters. The van der Waals surface area contributed by atoms with E-state index in [-0.39, 0.29) is 62.3 Å². The molecule has 77 heavy (non-hydrogen) atoms. The van der Waals surface area contributed by atoms with Gasteiger partial charge in [-0.1, -0.05) is 24.3 Å². The zero-order chi connectivity index (χ0) is 57.3. The van der Waals surface area contributed by atoms with Gasteiger partial charge in [0.1, 0.15) is 53.8 Å². The van der Waals surface area contributed by atoms with E-state index in [0.717, 1.165) is 0 Å². The van der Waals surface area contributed by atoms with Crippen LogP contribution in [0.1, 0.15) is 69.4 Å². The van der Waals surface area contributed by atoms with Crippen LogP contribution in [0.3, 0.4) is 0 Å². The Morgan fingerprint density at radius 3 is 1.56 bits per heavy atom. The number of rotatable bonds is 28. The lowest BCUT2D eigenvalue weighted by Gasteiger charge is -2.33. The van der Waals surface area contributed by atoms with E-state index in [1.54, 1.807) is 0 Å². The summed E-state index contributed by atoms with van der Waals surface area (Å²) in [5.41, 5.74) is 16.8. The van der Waals surface area contributed by atoms with Crippen molar-refractivity contribution in [1.82, 2.24) is 41.7 Å². The van der Waals surface area contributed by atoms with Crippen LogP contribution in [0.4, 0.5) is 0 Å². The molecule has 420 valence electrons. The van der Waals surface area contributed by atoms with Crippen molar-refractivity contribution in [3.05, 3.63) is 59.7 Å². The average molecular weight is 1080 g/mol. The number of hydrogen-bond acceptors (Lipinski definition) is 17. The van der Waals surface area contributed by atoms with Gasteiger partial charge in [0, 0.05) is 32.4 Å². The van der Waals surface area contributed by atoms with Crippen molar-refractivity contribution in [2.75, 3.05) is 19.7 Å². The zero-order valence-corrected chi connectivity index (χ0v) is 41.8. The second-order valence-electron chi connectivity index (χ2n) is 18.6. The van der Waals surface area contributed by atoms with Gasteiger partial charge >= 0.3 is 11.9 Å². The molecule has 2 saturated heterocycles. The van der Waals surface area contributed by atoms with Gasteiger partial charge in [-0.3, -0.25) is 52.7 Å². The van der Waals surface area contributed by atoms with Gasteiger partial charge < -0.3 is 89.5 Å². The molecule has 2 aliphatic rings. The highest BCUT2D eigenvalue weighted by molar-refractivity contribution is 6.00. The Morgan fingerprint density at radius 1 is 0.597 bits per heavy atom. The van der Waals surface area contributed by atoms with E-state index in [9.17, 15) is 88.2 Å². The van der Waals surface area contributed by atoms with Crippen LogP contribution in [0.2, 0.25) is 0 Å². The number of amides is 10. The molecule has 0 aliphatic carbocycles. The topological polar surface area (TPSA) is 483 Å². The van der Waals surface area contributed by atoms with E-state index in [2.05, 4.69) is 31.9 Å². The molecule has 29 nitrogen and oxygen atoms in total. The summed E-state index contributed by atoms with van der Waals surface area (Å²) in [7, 11) is 0. The Kier molecular flexibility index (Phi) is 22.6. The number of nitrogens with one attached hydrogen (secondary N) is 6. The minimum atomic E-state index is -2.04. The van der Waals surface area contributed by atoms with Crippen molar-refractivity contribution in [1.29, 1.82) is 0 Å². The molecular weight excluding hydrogens is 1020 g/mol. The Hall–Kier alpha value is -8.44. The third-order valence-corrected chi connectivity index (χ3v) is 12.6. The van der Waals surface area contributed by atoms with Gasteiger partial charge in [0.25, 0.3) is 0 Å². The smallest absolute Gasteiger partial charge is 0.328 e. The van der Waals surface area contributed by atoms with Crippen LogP contribution in [0, 0.1) is 0 Å². The normalized spacial score (nSPS) is 18.1. The van der Waals surface area contributed by atoms with Crippen molar-refractivity contribution in [2.24, 2.45) is 17.2 Å². The van der Waals surface area contributed by atoms with Gasteiger partial charge in [-0.2, -0.15) is 0 Å². The number of benzene rings is 2. The molecule has 29 heteroatoms. The fraction of sp³-hybridized carbons (Fsp3) is 0.500. The second-order valence-corrected chi connectivity index (χ2v) is 18.6. The first kappa shape index (κ1) is 61.1. The number of nitrogens with zero attached hydrogens (tertiary/aromatic N) is 2. The third-order valence-electron chi connectivity index (χ3n) is 12.6. The summed E-state index contributed by atoms with van der Waals surface area (Å²) in [5, 5.41) is 73.2. The monoisotopic (exact) mass is 1080 g/mol. The summed E-state index contributed by atoms with van der Waals surface area (Å²) in [6.07, 6.45) is -3.89. The van der Waals surface area contributed by atoms with E-state index in [0.29, 0.717) is 18.4 Å². The first-order valence-corrected chi connectivity index (χ1v) is 24.3. The van der Waals surface area contributed by atoms with Gasteiger partial charge in [-0.05, 0) is 74.4 Å². The average Bonchev–Trinajstić information content (AvgIpc) is 4.08. The number of hydrogen-bond donors (Lipinski definition) is 15. The lowest BCUT2D eigenvalue weighted by atomic mass is 10.0. The molecule has 0 radical (unpaired) electrons. The number of phenols is 2. The molecule has 2 fully saturated rings. The van der Waals surface area contributed by atoms with Gasteiger partial charge in [0.15, 0.2) is 6.04 Å². The fourth-order valence-electron chi connectivity index (χ4n) is 8.55. The molecule has 2 heterocycles. The van der Waals surface area contributed by atoms with Crippen molar-refractivity contribution < 1.29 is 88.2 Å². The number of aliphatic carboxylic acids is 2. The van der Waals surface area contributed by atoms with E-state index >= 15 is 0 Å². The number of phenolic OH excluding ortho intramolecular Hbond substituents is 2. The maximum absolute atomic E-state index is 14.6. The van der Waals surface area contributed by atoms with Crippen LogP contribution in [-0.4, -0.2) is 192 Å². The molecule has 0 unspecified atom stereocenters. The Balaban J connectivity index is 1.59. The first-order chi connectivity index (χ1) is 36.3. The predicted molar refractivity (Wildman–Crippen MR) is 264 cm³/mol. The highest BCUT2D eigenvalue weighted by Crippen LogP contribution is 2.27. The maximum atomic E-state index is 14.6. The lowest BCUT2D eigenvalue weighted by Crippen LogP contribution is -2.61. The van der Waals surface area contributed by atoms with Gasteiger partial charge in [0.2, 0.25) is 59.1 Å². The van der Waals surface area contributed by atoms with Crippen LogP contribution in [0.25, 0.3) is 0 Å². The summed E-state index contributed by atoms with van der Waals surface area (Å²) in [5.74, 6) is -13.7. The van der Waals surface area contributed by atoms with E-state index in [1.165, 1.54) is 65.3 Å². The number of aliphatic hydroxyl groups is 2. The predicted octanol–water partition coefficient (Wildman–Crippen LogP) is -5.83. The van der Waals surface area contributed by atoms with Crippen LogP contribution >= 0.6 is 0 Å². The molecule has 2 aromatic rings. The maximum Gasteiger partial charge on any atom is 0.328 e. The lowest BCUT2D eigenvalue weighted by molar-refractivity contribution is -0.149. The highest BCUT2D eigenvalue weighted by Gasteiger charge is 2.45. The van der Waals surface area contributed by atoms with Crippen LogP contribution in [0.15, 0.2) is 48.5 Å². The van der Waals surface area contributed by atoms with Crippen molar-refractivity contribution in [2.45, 2.75) is 132 Å². The highest BCUT2D eigenvalue weighted by atomic mass is 16.4. The van der Waals surface area contributed by atoms with Gasteiger partial charge in [-0.15, -0.1) is 0 Å². The number of likely N-dealkylation sites (tertiary alicyclic amines) is 2. The molecule has 4 rings (SSSR count). The van der Waals surface area contributed by atoms with Gasteiger partial charge in [-0.25, -0.2) is 4.79 Å². The van der Waals surface area contributed by atoms with Crippen LogP contribution in [-0.2, 0) is 70.4 Å². The molecule has 0 bridgehead atoms. The molecule has 18 N–H and O–H groups in total. The number of primary amides is 2. The summed E-state index contributed by atoms with van der Waals surface area (Å²) >= 11 is 0. The van der Waals surface area contributed by atoms with Gasteiger partial charge in [0.05, 0.1) is 31.6 Å². The number of nitrogens with two attached hydrogens (primary N) is 3. The standard InChI is InChI=1S/C48H65N11O18/c1-23(61)39(48(76)77)57-45(73)34-4-2-16-58(34)47(75)35-5-3-17-59(35)46(74)32(19-25-8-12-27(63)13-9-25)55-44(72)33(22-60)56-41(69)29(18-24-6-10-26(62)11-7-24)53-43(71)31(21-38(66)67)54-42(70)30(20-37(51)65)52-40(68)28(49)14-15-36(50)64/h6-13,23,28-35,39,60-63H,2-5,14-22,49H2,1H3,(H2,50,64)(H2,51,65)(H,52,68)(H,53,71)(H,54,70)(H,55,72)(H,56,69)(H,57,73)(H,66,67)(H,76,77)/t23-,28+,29+,30+,31+,32+,33+,34+,35+,39+/m1/s1. The largest absolute Gasteiger partial charge is 0.508 e. The summed E-state index contributed by atoms with van der Waals surface area (Å²) in [6.45, 7) is 0.115. The number of aromatic hydroxyl groups is 2. The molecule has 0 spiro atoms. The SMILES string of the molecule is C[C@@H](O)[C@H](NC(=O)[C@@H]1CCCN1C(=O)[C@@H]1CCCN1C(=O)[C@H](Cc1ccc(O)cc1)NC(=O)[C@H](CO)NC(=O)[C@H](Cc1ccc(O)cc1)NC(=O)[C@H](CC(=O)O)NC(=O)[C@H](CC(N)=O)NC(=O)[C@@H](N)CCC(N)=O)C(=O)O. The van der Waals surface area contributed by atoms with Crippen molar-refractivity contribution in [3.8, 4) is 11.5 Å². The molecule has 0 saturated carbocycles. The summed E-state index contributed by atoms with van der Waals surface area (Å²) in [4.78, 5) is 160. The number of aliphatic hydroxyl groups excluding tert-OH is 2. The Labute approximate surface area is 439 Å². The van der Waals surface area contributed by atoms with Crippen molar-refractivity contribution in [3.63, 3.8) is 0 Å². The van der Waals surface area contributed by atoms with Crippen LogP contribution in [0.5, 0.6) is 11.5 Å². The number of carboxylic acid groups (broad SMARTS) is 2. The molecule has 0 aromatic heterocycles. The number of carbonyl (C=O) groups excluding carboxylic acids is 10. The zero-order valence-electron chi connectivity index (χ0n) is 41.8. The number of carboxylic acids is 2. The minimum Gasteiger partial charge on any atom is -0.508 e. The van der Waals surface area contributed by atoms with E-state index in [4.69, 9.17) is 17.2 Å². The first-order valence-electron chi connectivity index (χ1n) is 24.3. The fourth-order valence-corrected chi connectivity index (χ4v) is 8.55.